The third-order valence-electron chi connectivity index (χ3n) is 3.82. The van der Waals surface area contributed by atoms with Gasteiger partial charge in [0.1, 0.15) is 11.6 Å². The van der Waals surface area contributed by atoms with Gasteiger partial charge < -0.3 is 9.47 Å². The first-order valence-corrected chi connectivity index (χ1v) is 7.34. The van der Waals surface area contributed by atoms with E-state index in [1.807, 2.05) is 24.3 Å². The quantitative estimate of drug-likeness (QED) is 0.815. The van der Waals surface area contributed by atoms with E-state index < -0.39 is 0 Å². The third kappa shape index (κ3) is 2.93. The molecule has 0 N–H and O–H groups in total. The maximum Gasteiger partial charge on any atom is 0.341 e. The predicted molar refractivity (Wildman–Crippen MR) is 81.1 cm³/mol. The van der Waals surface area contributed by atoms with Crippen LogP contribution in [0.5, 0.6) is 5.75 Å². The number of fused-ring (bicyclic) bond motifs is 1. The monoisotopic (exact) mass is 298 g/mol. The lowest BCUT2D eigenvalue weighted by Crippen LogP contribution is -2.20. The molecule has 22 heavy (non-hydrogen) atoms. The Kier molecular flexibility index (Phi) is 4.04. The summed E-state index contributed by atoms with van der Waals surface area (Å²) in [5, 5.41) is 0. The SMILES string of the molecule is Cc1ncc(C(=O)OCC2CCOc3ccccc32)c(C)n1. The lowest BCUT2D eigenvalue weighted by atomic mass is 9.94. The van der Waals surface area contributed by atoms with Crippen molar-refractivity contribution in [2.75, 3.05) is 13.2 Å². The highest BCUT2D eigenvalue weighted by Gasteiger charge is 2.23. The Labute approximate surface area is 129 Å². The zero-order valence-corrected chi connectivity index (χ0v) is 12.7. The molecule has 0 amide bonds. The first-order valence-electron chi connectivity index (χ1n) is 7.34. The molecule has 0 saturated carbocycles. The first kappa shape index (κ1) is 14.5. The smallest absolute Gasteiger partial charge is 0.341 e. The van der Waals surface area contributed by atoms with E-state index in [4.69, 9.17) is 9.47 Å². The molecule has 1 aliphatic heterocycles. The second-order valence-corrected chi connectivity index (χ2v) is 5.39. The summed E-state index contributed by atoms with van der Waals surface area (Å²) in [7, 11) is 0. The van der Waals surface area contributed by atoms with Crippen LogP contribution in [0.15, 0.2) is 30.5 Å². The number of esters is 1. The highest BCUT2D eigenvalue weighted by molar-refractivity contribution is 5.90. The summed E-state index contributed by atoms with van der Waals surface area (Å²) in [4.78, 5) is 20.5. The fourth-order valence-corrected chi connectivity index (χ4v) is 2.63. The third-order valence-corrected chi connectivity index (χ3v) is 3.82. The number of hydrogen-bond acceptors (Lipinski definition) is 5. The molecule has 0 fully saturated rings. The van der Waals surface area contributed by atoms with Crippen molar-refractivity contribution in [1.82, 2.24) is 9.97 Å². The van der Waals surface area contributed by atoms with E-state index in [-0.39, 0.29) is 11.9 Å². The molecule has 1 aliphatic rings. The van der Waals surface area contributed by atoms with Gasteiger partial charge in [-0.1, -0.05) is 18.2 Å². The lowest BCUT2D eigenvalue weighted by molar-refractivity contribution is 0.0457. The summed E-state index contributed by atoms with van der Waals surface area (Å²) in [5.41, 5.74) is 2.16. The van der Waals surface area contributed by atoms with Crippen molar-refractivity contribution < 1.29 is 14.3 Å². The number of benzene rings is 1. The van der Waals surface area contributed by atoms with Crippen LogP contribution < -0.4 is 4.74 Å². The molecule has 2 aromatic rings. The summed E-state index contributed by atoms with van der Waals surface area (Å²) in [5.74, 6) is 1.32. The predicted octanol–water partition coefficient (Wildman–Crippen LogP) is 2.82. The highest BCUT2D eigenvalue weighted by Crippen LogP contribution is 2.33. The molecule has 114 valence electrons. The number of carbonyl (C=O) groups excluding carboxylic acids is 1. The molecule has 1 aromatic heterocycles. The number of aromatic nitrogens is 2. The fourth-order valence-electron chi connectivity index (χ4n) is 2.63. The topological polar surface area (TPSA) is 61.3 Å². The minimum Gasteiger partial charge on any atom is -0.493 e. The van der Waals surface area contributed by atoms with E-state index in [1.165, 1.54) is 6.20 Å². The Morgan fingerprint density at radius 1 is 1.36 bits per heavy atom. The fraction of sp³-hybridized carbons (Fsp3) is 0.353. The number of nitrogens with zero attached hydrogens (tertiary/aromatic N) is 2. The number of para-hydroxylation sites is 1. The standard InChI is InChI=1S/C17H18N2O3/c1-11-15(9-18-12(2)19-11)17(20)22-10-13-7-8-21-16-6-4-3-5-14(13)16/h3-6,9,13H,7-8,10H2,1-2H3. The van der Waals surface area contributed by atoms with E-state index in [2.05, 4.69) is 9.97 Å². The summed E-state index contributed by atoms with van der Waals surface area (Å²) >= 11 is 0. The Bertz CT molecular complexity index is 700. The number of aryl methyl sites for hydroxylation is 2. The largest absolute Gasteiger partial charge is 0.493 e. The van der Waals surface area contributed by atoms with Crippen molar-refractivity contribution >= 4 is 5.97 Å². The van der Waals surface area contributed by atoms with Gasteiger partial charge in [-0.3, -0.25) is 0 Å². The van der Waals surface area contributed by atoms with Gasteiger partial charge in [0, 0.05) is 17.7 Å². The zero-order chi connectivity index (χ0) is 15.5. The van der Waals surface area contributed by atoms with E-state index in [0.29, 0.717) is 30.3 Å². The molecule has 1 atom stereocenters. The Morgan fingerprint density at radius 3 is 3.00 bits per heavy atom. The van der Waals surface area contributed by atoms with Gasteiger partial charge in [-0.15, -0.1) is 0 Å². The molecule has 1 aromatic carbocycles. The van der Waals surface area contributed by atoms with Crippen molar-refractivity contribution in [3.8, 4) is 5.75 Å². The lowest BCUT2D eigenvalue weighted by Gasteiger charge is -2.25. The van der Waals surface area contributed by atoms with Crippen LogP contribution >= 0.6 is 0 Å². The molecule has 5 heteroatoms. The Hall–Kier alpha value is -2.43. The van der Waals surface area contributed by atoms with E-state index in [0.717, 1.165) is 17.7 Å². The van der Waals surface area contributed by atoms with E-state index in [1.54, 1.807) is 13.8 Å². The van der Waals surface area contributed by atoms with Crippen LogP contribution in [-0.2, 0) is 4.74 Å². The van der Waals surface area contributed by atoms with Crippen molar-refractivity contribution in [2.45, 2.75) is 26.2 Å². The van der Waals surface area contributed by atoms with E-state index >= 15 is 0 Å². The van der Waals surface area contributed by atoms with Crippen molar-refractivity contribution in [3.05, 3.63) is 53.1 Å². The Balaban J connectivity index is 1.69. The van der Waals surface area contributed by atoms with Crippen LogP contribution in [-0.4, -0.2) is 29.2 Å². The zero-order valence-electron chi connectivity index (χ0n) is 12.7. The average Bonchev–Trinajstić information content (AvgIpc) is 2.52. The number of rotatable bonds is 3. The summed E-state index contributed by atoms with van der Waals surface area (Å²) in [6, 6.07) is 7.88. The van der Waals surface area contributed by atoms with Gasteiger partial charge in [-0.05, 0) is 26.3 Å². The van der Waals surface area contributed by atoms with Gasteiger partial charge >= 0.3 is 5.97 Å². The summed E-state index contributed by atoms with van der Waals surface area (Å²) < 4.78 is 11.1. The van der Waals surface area contributed by atoms with Crippen LogP contribution in [0.25, 0.3) is 0 Å². The molecule has 3 rings (SSSR count). The normalized spacial score (nSPS) is 16.5. The van der Waals surface area contributed by atoms with Crippen LogP contribution in [0.3, 0.4) is 0 Å². The second-order valence-electron chi connectivity index (χ2n) is 5.39. The van der Waals surface area contributed by atoms with Crippen LogP contribution in [0, 0.1) is 13.8 Å². The number of ether oxygens (including phenoxy) is 2. The van der Waals surface area contributed by atoms with Gasteiger partial charge in [0.25, 0.3) is 0 Å². The van der Waals surface area contributed by atoms with E-state index in [9.17, 15) is 4.79 Å². The summed E-state index contributed by atoms with van der Waals surface area (Å²) in [6.45, 7) is 4.56. The molecular formula is C17H18N2O3. The molecule has 0 saturated heterocycles. The Morgan fingerprint density at radius 2 is 2.18 bits per heavy atom. The van der Waals surface area contributed by atoms with Crippen molar-refractivity contribution in [3.63, 3.8) is 0 Å². The molecule has 0 aliphatic carbocycles. The van der Waals surface area contributed by atoms with Gasteiger partial charge in [0.05, 0.1) is 24.5 Å². The maximum absolute atomic E-state index is 12.2. The molecular weight excluding hydrogens is 280 g/mol. The van der Waals surface area contributed by atoms with Gasteiger partial charge in [-0.25, -0.2) is 14.8 Å². The van der Waals surface area contributed by atoms with Gasteiger partial charge in [0.15, 0.2) is 0 Å². The molecule has 0 bridgehead atoms. The molecule has 0 radical (unpaired) electrons. The van der Waals surface area contributed by atoms with Crippen LogP contribution in [0.2, 0.25) is 0 Å². The minimum absolute atomic E-state index is 0.167. The molecule has 5 nitrogen and oxygen atoms in total. The summed E-state index contributed by atoms with van der Waals surface area (Å²) in [6.07, 6.45) is 2.37. The second kappa shape index (κ2) is 6.13. The van der Waals surface area contributed by atoms with Gasteiger partial charge in [-0.2, -0.15) is 0 Å². The van der Waals surface area contributed by atoms with Crippen LogP contribution in [0.1, 0.15) is 39.8 Å². The minimum atomic E-state index is -0.374. The van der Waals surface area contributed by atoms with Gasteiger partial charge in [0.2, 0.25) is 0 Å². The maximum atomic E-state index is 12.2. The average molecular weight is 298 g/mol. The number of hydrogen-bond donors (Lipinski definition) is 0. The van der Waals surface area contributed by atoms with Crippen molar-refractivity contribution in [2.24, 2.45) is 0 Å². The van der Waals surface area contributed by atoms with Crippen LogP contribution in [0.4, 0.5) is 0 Å². The first-order chi connectivity index (χ1) is 10.6. The number of carbonyl (C=O) groups is 1. The molecule has 1 unspecified atom stereocenters. The van der Waals surface area contributed by atoms with Crippen molar-refractivity contribution in [1.29, 1.82) is 0 Å². The highest BCUT2D eigenvalue weighted by atomic mass is 16.5. The molecule has 0 spiro atoms. The molecule has 2 heterocycles.